The number of nitrogens with zero attached hydrogens (tertiary/aromatic N) is 2. The molecule has 2 aromatic rings. The van der Waals surface area contributed by atoms with Gasteiger partial charge in [-0.3, -0.25) is 0 Å². The highest BCUT2D eigenvalue weighted by atomic mass is 32.1. The van der Waals surface area contributed by atoms with Gasteiger partial charge in [-0.05, 0) is 32.1 Å². The molecule has 0 spiro atoms. The van der Waals surface area contributed by atoms with Crippen molar-refractivity contribution in [3.8, 4) is 5.88 Å². The van der Waals surface area contributed by atoms with E-state index in [4.69, 9.17) is 21.7 Å². The highest BCUT2D eigenvalue weighted by molar-refractivity contribution is 7.80. The Morgan fingerprint density at radius 2 is 1.85 bits per heavy atom. The fourth-order valence-corrected chi connectivity index (χ4v) is 2.19. The molecule has 0 saturated carbocycles. The number of H-pyrrole nitrogens is 1. The van der Waals surface area contributed by atoms with Crippen LogP contribution in [0.3, 0.4) is 0 Å². The van der Waals surface area contributed by atoms with Crippen molar-refractivity contribution >= 4 is 45.9 Å². The first-order valence-electron chi connectivity index (χ1n) is 8.04. The number of aromatic nitrogens is 1. The van der Waals surface area contributed by atoms with Crippen LogP contribution in [-0.2, 0) is 19.1 Å². The molecule has 0 bridgehead atoms. The monoisotopic (exact) mass is 390 g/mol. The predicted octanol–water partition coefficient (Wildman–Crippen LogP) is 2.84. The Balaban J connectivity index is 2.15. The van der Waals surface area contributed by atoms with Gasteiger partial charge < -0.3 is 24.9 Å². The molecule has 0 unspecified atom stereocenters. The zero-order valence-corrected chi connectivity index (χ0v) is 15.5. The number of para-hydroxylation sites is 1. The number of aromatic hydroxyl groups is 1. The topological polar surface area (TPSA) is 125 Å². The maximum atomic E-state index is 11.8. The Labute approximate surface area is 160 Å². The van der Waals surface area contributed by atoms with Crippen LogP contribution in [0.1, 0.15) is 13.8 Å². The second kappa shape index (κ2) is 9.43. The van der Waals surface area contributed by atoms with Gasteiger partial charge in [-0.25, -0.2) is 9.59 Å². The molecule has 0 amide bonds. The third-order valence-corrected chi connectivity index (χ3v) is 3.43. The number of carbonyl (C=O) groups excluding carboxylic acids is 2. The number of thiocarbonyl (C=S) groups is 1. The van der Waals surface area contributed by atoms with E-state index in [0.29, 0.717) is 10.9 Å². The SMILES string of the molecule is CCOC(=O)C(=CNC(=S)N=Nc1c(O)[nH]c2ccccc12)C(=O)OCC. The smallest absolute Gasteiger partial charge is 0.347 e. The molecule has 27 heavy (non-hydrogen) atoms. The fraction of sp³-hybridized carbons (Fsp3) is 0.235. The van der Waals surface area contributed by atoms with Crippen LogP contribution in [0.25, 0.3) is 10.9 Å². The molecule has 0 fully saturated rings. The van der Waals surface area contributed by atoms with Crippen LogP contribution in [0, 0.1) is 0 Å². The normalized spacial score (nSPS) is 10.6. The number of carbonyl (C=O) groups is 2. The molecule has 3 N–H and O–H groups in total. The Kier molecular flexibility index (Phi) is 7.00. The quantitative estimate of drug-likeness (QED) is 0.173. The van der Waals surface area contributed by atoms with Gasteiger partial charge in [0.2, 0.25) is 11.0 Å². The average Bonchev–Trinajstić information content (AvgIpc) is 2.95. The van der Waals surface area contributed by atoms with Crippen molar-refractivity contribution in [3.05, 3.63) is 36.0 Å². The van der Waals surface area contributed by atoms with E-state index in [9.17, 15) is 14.7 Å². The molecule has 2 rings (SSSR count). The largest absolute Gasteiger partial charge is 0.493 e. The van der Waals surface area contributed by atoms with Crippen LogP contribution in [0.5, 0.6) is 5.88 Å². The average molecular weight is 390 g/mol. The summed E-state index contributed by atoms with van der Waals surface area (Å²) < 4.78 is 9.61. The van der Waals surface area contributed by atoms with E-state index in [0.717, 1.165) is 6.20 Å². The van der Waals surface area contributed by atoms with E-state index in [1.165, 1.54) is 0 Å². The molecule has 0 saturated heterocycles. The van der Waals surface area contributed by atoms with Crippen LogP contribution in [0.2, 0.25) is 0 Å². The maximum Gasteiger partial charge on any atom is 0.347 e. The molecule has 1 heterocycles. The van der Waals surface area contributed by atoms with E-state index >= 15 is 0 Å². The minimum Gasteiger partial charge on any atom is -0.493 e. The number of hydrogen-bond donors (Lipinski definition) is 3. The van der Waals surface area contributed by atoms with E-state index in [1.807, 2.05) is 6.07 Å². The number of benzene rings is 1. The fourth-order valence-electron chi connectivity index (χ4n) is 2.09. The highest BCUT2D eigenvalue weighted by Crippen LogP contribution is 2.35. The zero-order chi connectivity index (χ0) is 19.8. The molecule has 0 aliphatic carbocycles. The van der Waals surface area contributed by atoms with Gasteiger partial charge in [-0.1, -0.05) is 18.2 Å². The summed E-state index contributed by atoms with van der Waals surface area (Å²) >= 11 is 5.00. The number of rotatable bonds is 6. The lowest BCUT2D eigenvalue weighted by atomic mass is 10.2. The van der Waals surface area contributed by atoms with Crippen LogP contribution in [0.15, 0.2) is 46.3 Å². The van der Waals surface area contributed by atoms with Crippen LogP contribution < -0.4 is 5.32 Å². The van der Waals surface area contributed by atoms with Gasteiger partial charge in [0.15, 0.2) is 11.3 Å². The first-order valence-corrected chi connectivity index (χ1v) is 8.45. The first kappa shape index (κ1) is 20.0. The van der Waals surface area contributed by atoms with Crippen LogP contribution in [-0.4, -0.2) is 40.4 Å². The molecule has 0 aliphatic heterocycles. The second-order valence-corrected chi connectivity index (χ2v) is 5.40. The van der Waals surface area contributed by atoms with Gasteiger partial charge in [0, 0.05) is 11.6 Å². The summed E-state index contributed by atoms with van der Waals surface area (Å²) in [6.07, 6.45) is 1.05. The number of ether oxygens (including phenoxy) is 2. The Hall–Kier alpha value is -3.27. The Morgan fingerprint density at radius 3 is 2.48 bits per heavy atom. The number of hydrogen-bond acceptors (Lipinski definition) is 7. The molecule has 0 aliphatic rings. The minimum atomic E-state index is -0.850. The van der Waals surface area contributed by atoms with Crippen molar-refractivity contribution in [2.24, 2.45) is 10.2 Å². The van der Waals surface area contributed by atoms with Crippen molar-refractivity contribution in [1.82, 2.24) is 10.3 Å². The number of aromatic amines is 1. The van der Waals surface area contributed by atoms with E-state index in [2.05, 4.69) is 20.5 Å². The third-order valence-electron chi connectivity index (χ3n) is 3.23. The van der Waals surface area contributed by atoms with E-state index in [1.54, 1.807) is 32.0 Å². The summed E-state index contributed by atoms with van der Waals surface area (Å²) in [5.41, 5.74) is 0.551. The lowest BCUT2D eigenvalue weighted by Crippen LogP contribution is -2.22. The summed E-state index contributed by atoms with van der Waals surface area (Å²) in [4.78, 5) is 26.4. The first-order chi connectivity index (χ1) is 13.0. The van der Waals surface area contributed by atoms with E-state index < -0.39 is 11.9 Å². The van der Waals surface area contributed by atoms with Crippen molar-refractivity contribution in [1.29, 1.82) is 0 Å². The van der Waals surface area contributed by atoms with Crippen LogP contribution >= 0.6 is 12.2 Å². The summed E-state index contributed by atoms with van der Waals surface area (Å²) in [5, 5.41) is 20.6. The van der Waals surface area contributed by atoms with Gasteiger partial charge in [0.25, 0.3) is 0 Å². The summed E-state index contributed by atoms with van der Waals surface area (Å²) in [7, 11) is 0. The summed E-state index contributed by atoms with van der Waals surface area (Å²) in [6, 6.07) is 7.13. The Bertz CT molecular complexity index is 899. The minimum absolute atomic E-state index is 0.0968. The van der Waals surface area contributed by atoms with Gasteiger partial charge >= 0.3 is 11.9 Å². The molecule has 0 atom stereocenters. The summed E-state index contributed by atoms with van der Waals surface area (Å²) in [5.74, 6) is -1.85. The van der Waals surface area contributed by atoms with Gasteiger partial charge in [0.1, 0.15) is 0 Å². The number of fused-ring (bicyclic) bond motifs is 1. The van der Waals surface area contributed by atoms with Gasteiger partial charge in [-0.2, -0.15) is 0 Å². The lowest BCUT2D eigenvalue weighted by Gasteiger charge is -2.06. The Morgan fingerprint density at radius 1 is 1.22 bits per heavy atom. The molecule has 9 nitrogen and oxygen atoms in total. The highest BCUT2D eigenvalue weighted by Gasteiger charge is 2.21. The molecule has 10 heteroatoms. The molecular formula is C17H18N4O5S. The van der Waals surface area contributed by atoms with Gasteiger partial charge in [0.05, 0.1) is 18.7 Å². The predicted molar refractivity (Wildman–Crippen MR) is 102 cm³/mol. The van der Waals surface area contributed by atoms with Crippen molar-refractivity contribution in [2.75, 3.05) is 13.2 Å². The molecule has 0 radical (unpaired) electrons. The van der Waals surface area contributed by atoms with Crippen molar-refractivity contribution < 1.29 is 24.2 Å². The molecule has 142 valence electrons. The third kappa shape index (κ3) is 5.11. The number of azo groups is 1. The van der Waals surface area contributed by atoms with Crippen molar-refractivity contribution in [3.63, 3.8) is 0 Å². The van der Waals surface area contributed by atoms with Gasteiger partial charge in [-0.15, -0.1) is 10.2 Å². The molecule has 1 aromatic heterocycles. The number of nitrogens with one attached hydrogen (secondary N) is 2. The molecule has 1 aromatic carbocycles. The van der Waals surface area contributed by atoms with Crippen molar-refractivity contribution in [2.45, 2.75) is 13.8 Å². The van der Waals surface area contributed by atoms with E-state index in [-0.39, 0.29) is 35.5 Å². The van der Waals surface area contributed by atoms with Crippen LogP contribution in [0.4, 0.5) is 5.69 Å². The standard InChI is InChI=1S/C17H18N4O5S/c1-3-25-15(23)11(16(24)26-4-2)9-18-17(27)21-20-13-10-7-5-6-8-12(10)19-14(13)22/h5-9,19,22H,3-4H2,1-2H3,(H,18,27). The lowest BCUT2D eigenvalue weighted by molar-refractivity contribution is -0.146. The maximum absolute atomic E-state index is 11.8. The molecular weight excluding hydrogens is 372 g/mol. The zero-order valence-electron chi connectivity index (χ0n) is 14.7. The summed E-state index contributed by atoms with van der Waals surface area (Å²) in [6.45, 7) is 3.42. The number of esters is 2. The second-order valence-electron chi connectivity index (χ2n) is 5.02.